The maximum absolute atomic E-state index is 12.7. The van der Waals surface area contributed by atoms with Crippen LogP contribution in [0.25, 0.3) is 0 Å². The van der Waals surface area contributed by atoms with Gasteiger partial charge in [-0.3, -0.25) is 4.79 Å². The Morgan fingerprint density at radius 1 is 0.958 bits per heavy atom. The zero-order chi connectivity index (χ0) is 17.4. The summed E-state index contributed by atoms with van der Waals surface area (Å²) in [6, 6.07) is 20.6. The number of benzene rings is 2. The van der Waals surface area contributed by atoms with Crippen LogP contribution in [0.4, 0.5) is 0 Å². The van der Waals surface area contributed by atoms with Gasteiger partial charge >= 0.3 is 0 Å². The van der Waals surface area contributed by atoms with Crippen molar-refractivity contribution in [2.24, 2.45) is 11.1 Å². The van der Waals surface area contributed by atoms with Gasteiger partial charge in [0.05, 0.1) is 5.41 Å². The van der Waals surface area contributed by atoms with Crippen LogP contribution < -0.4 is 11.1 Å². The van der Waals surface area contributed by atoms with E-state index in [0.29, 0.717) is 13.1 Å². The minimum absolute atomic E-state index is 0.0619. The maximum atomic E-state index is 12.7. The van der Waals surface area contributed by atoms with Crippen molar-refractivity contribution in [3.05, 3.63) is 71.8 Å². The normalized spacial score (nSPS) is 11.5. The Bertz CT molecular complexity index is 573. The molecule has 3 nitrogen and oxygen atoms in total. The van der Waals surface area contributed by atoms with Crippen molar-refractivity contribution < 1.29 is 4.79 Å². The van der Waals surface area contributed by atoms with Gasteiger partial charge in [0.15, 0.2) is 0 Å². The van der Waals surface area contributed by atoms with E-state index >= 15 is 0 Å². The minimum atomic E-state index is -0.460. The van der Waals surface area contributed by atoms with Gasteiger partial charge in [0.25, 0.3) is 0 Å². The fraction of sp³-hybridized carbons (Fsp3) is 0.381. The molecule has 0 atom stereocenters. The summed E-state index contributed by atoms with van der Waals surface area (Å²) in [5.74, 6) is 0.201. The number of hydrogen-bond acceptors (Lipinski definition) is 2. The van der Waals surface area contributed by atoms with E-state index in [1.54, 1.807) is 0 Å². The molecule has 24 heavy (non-hydrogen) atoms. The van der Waals surface area contributed by atoms with Crippen LogP contribution in [-0.4, -0.2) is 19.0 Å². The van der Waals surface area contributed by atoms with E-state index in [2.05, 4.69) is 29.6 Å². The Labute approximate surface area is 145 Å². The molecule has 2 aromatic carbocycles. The first-order valence-electron chi connectivity index (χ1n) is 8.75. The lowest BCUT2D eigenvalue weighted by Gasteiger charge is -2.30. The Morgan fingerprint density at radius 2 is 1.42 bits per heavy atom. The smallest absolute Gasteiger partial charge is 0.227 e. The maximum Gasteiger partial charge on any atom is 0.227 e. The molecule has 0 aliphatic heterocycles. The van der Waals surface area contributed by atoms with Gasteiger partial charge in [-0.25, -0.2) is 0 Å². The van der Waals surface area contributed by atoms with Crippen LogP contribution in [-0.2, 0) is 4.79 Å². The highest BCUT2D eigenvalue weighted by atomic mass is 16.2. The first kappa shape index (κ1) is 18.2. The molecular formula is C21H28N2O. The molecular weight excluding hydrogens is 296 g/mol. The zero-order valence-electron chi connectivity index (χ0n) is 14.7. The van der Waals surface area contributed by atoms with Gasteiger partial charge in [0, 0.05) is 19.0 Å². The van der Waals surface area contributed by atoms with Crippen LogP contribution >= 0.6 is 0 Å². The first-order valence-corrected chi connectivity index (χ1v) is 8.75. The number of amides is 1. The van der Waals surface area contributed by atoms with E-state index in [-0.39, 0.29) is 11.8 Å². The summed E-state index contributed by atoms with van der Waals surface area (Å²) < 4.78 is 0. The Morgan fingerprint density at radius 3 is 1.79 bits per heavy atom. The molecule has 2 rings (SSSR count). The molecule has 128 valence electrons. The fourth-order valence-electron chi connectivity index (χ4n) is 3.13. The second-order valence-corrected chi connectivity index (χ2v) is 6.28. The van der Waals surface area contributed by atoms with Crippen LogP contribution in [0.2, 0.25) is 0 Å². The van der Waals surface area contributed by atoms with Crippen LogP contribution in [0.5, 0.6) is 0 Å². The molecule has 0 saturated carbocycles. The Kier molecular flexibility index (Phi) is 6.56. The Hall–Kier alpha value is -2.13. The van der Waals surface area contributed by atoms with Gasteiger partial charge in [-0.1, -0.05) is 74.5 Å². The lowest BCUT2D eigenvalue weighted by molar-refractivity contribution is -0.131. The molecule has 3 N–H and O–H groups in total. The van der Waals surface area contributed by atoms with Gasteiger partial charge in [0.1, 0.15) is 0 Å². The molecule has 0 aliphatic rings. The minimum Gasteiger partial charge on any atom is -0.355 e. The van der Waals surface area contributed by atoms with Crippen LogP contribution in [0.1, 0.15) is 43.7 Å². The van der Waals surface area contributed by atoms with E-state index in [4.69, 9.17) is 5.73 Å². The highest BCUT2D eigenvalue weighted by molar-refractivity contribution is 5.82. The van der Waals surface area contributed by atoms with E-state index in [1.807, 2.05) is 50.2 Å². The number of nitrogens with one attached hydrogen (secondary N) is 1. The largest absolute Gasteiger partial charge is 0.355 e. The average Bonchev–Trinajstić information content (AvgIpc) is 2.65. The summed E-state index contributed by atoms with van der Waals surface area (Å²) in [6.07, 6.45) is 1.51. The highest BCUT2D eigenvalue weighted by Crippen LogP contribution is 2.27. The lowest BCUT2D eigenvalue weighted by Crippen LogP contribution is -2.46. The molecule has 0 bridgehead atoms. The van der Waals surface area contributed by atoms with E-state index in [0.717, 1.165) is 12.8 Å². The van der Waals surface area contributed by atoms with Crippen LogP contribution in [0.15, 0.2) is 60.7 Å². The predicted molar refractivity (Wildman–Crippen MR) is 99.8 cm³/mol. The van der Waals surface area contributed by atoms with E-state index in [9.17, 15) is 4.79 Å². The van der Waals surface area contributed by atoms with Crippen molar-refractivity contribution in [2.75, 3.05) is 13.1 Å². The van der Waals surface area contributed by atoms with Gasteiger partial charge in [-0.2, -0.15) is 0 Å². The molecule has 2 aromatic rings. The molecule has 1 amide bonds. The zero-order valence-corrected chi connectivity index (χ0v) is 14.7. The van der Waals surface area contributed by atoms with Crippen molar-refractivity contribution in [1.82, 2.24) is 5.32 Å². The standard InChI is InChI=1S/C21H28N2O/c1-3-21(4-2,16-22)20(24)23-15-19(17-11-7-5-8-12-17)18-13-9-6-10-14-18/h5-14,19H,3-4,15-16,22H2,1-2H3,(H,23,24). The predicted octanol–water partition coefficient (Wildman–Crippen LogP) is 3.70. The quantitative estimate of drug-likeness (QED) is 0.778. The third kappa shape index (κ3) is 4.04. The highest BCUT2D eigenvalue weighted by Gasteiger charge is 2.33. The molecule has 0 spiro atoms. The number of carbonyl (C=O) groups excluding carboxylic acids is 1. The number of carbonyl (C=O) groups is 1. The molecule has 0 saturated heterocycles. The number of nitrogens with two attached hydrogens (primary N) is 1. The summed E-state index contributed by atoms with van der Waals surface area (Å²) in [5.41, 5.74) is 7.85. The summed E-state index contributed by atoms with van der Waals surface area (Å²) in [5, 5.41) is 3.15. The molecule has 3 heteroatoms. The first-order chi connectivity index (χ1) is 11.7. The Balaban J connectivity index is 2.20. The van der Waals surface area contributed by atoms with Gasteiger partial charge in [0.2, 0.25) is 5.91 Å². The van der Waals surface area contributed by atoms with Gasteiger partial charge < -0.3 is 11.1 Å². The topological polar surface area (TPSA) is 55.1 Å². The van der Waals surface area contributed by atoms with Crippen molar-refractivity contribution in [3.8, 4) is 0 Å². The van der Waals surface area contributed by atoms with E-state index < -0.39 is 5.41 Å². The van der Waals surface area contributed by atoms with Crippen molar-refractivity contribution in [2.45, 2.75) is 32.6 Å². The van der Waals surface area contributed by atoms with Gasteiger partial charge in [-0.15, -0.1) is 0 Å². The van der Waals surface area contributed by atoms with Crippen molar-refractivity contribution in [1.29, 1.82) is 0 Å². The summed E-state index contributed by atoms with van der Waals surface area (Å²) in [4.78, 5) is 12.7. The third-order valence-electron chi connectivity index (χ3n) is 5.10. The summed E-state index contributed by atoms with van der Waals surface area (Å²) in [6.45, 7) is 5.02. The molecule has 0 aromatic heterocycles. The second-order valence-electron chi connectivity index (χ2n) is 6.28. The molecule has 0 unspecified atom stereocenters. The SMILES string of the molecule is CCC(CC)(CN)C(=O)NCC(c1ccccc1)c1ccccc1. The van der Waals surface area contributed by atoms with Crippen molar-refractivity contribution in [3.63, 3.8) is 0 Å². The summed E-state index contributed by atoms with van der Waals surface area (Å²) in [7, 11) is 0. The molecule has 0 fully saturated rings. The van der Waals surface area contributed by atoms with Gasteiger partial charge in [-0.05, 0) is 24.0 Å². The second kappa shape index (κ2) is 8.65. The molecule has 0 aliphatic carbocycles. The molecule has 0 heterocycles. The third-order valence-corrected chi connectivity index (χ3v) is 5.10. The average molecular weight is 324 g/mol. The number of rotatable bonds is 8. The molecule has 0 radical (unpaired) electrons. The fourth-order valence-corrected chi connectivity index (χ4v) is 3.13. The lowest BCUT2D eigenvalue weighted by atomic mass is 9.81. The van der Waals surface area contributed by atoms with Crippen molar-refractivity contribution >= 4 is 5.91 Å². The van der Waals surface area contributed by atoms with Crippen LogP contribution in [0, 0.1) is 5.41 Å². The monoisotopic (exact) mass is 324 g/mol. The van der Waals surface area contributed by atoms with Crippen LogP contribution in [0.3, 0.4) is 0 Å². The number of hydrogen-bond donors (Lipinski definition) is 2. The van der Waals surface area contributed by atoms with E-state index in [1.165, 1.54) is 11.1 Å². The summed E-state index contributed by atoms with van der Waals surface area (Å²) >= 11 is 0.